The predicted octanol–water partition coefficient (Wildman–Crippen LogP) is 2.35. The van der Waals surface area contributed by atoms with E-state index >= 15 is 0 Å². The Labute approximate surface area is 95.4 Å². The summed E-state index contributed by atoms with van der Waals surface area (Å²) in [6.45, 7) is 10.5. The molecule has 0 aromatic carbocycles. The second-order valence-corrected chi connectivity index (χ2v) is 5.26. The van der Waals surface area contributed by atoms with Crippen LogP contribution in [0.4, 0.5) is 0 Å². The van der Waals surface area contributed by atoms with E-state index in [1.165, 1.54) is 25.8 Å². The molecule has 1 aliphatic carbocycles. The van der Waals surface area contributed by atoms with Gasteiger partial charge in [-0.1, -0.05) is 27.2 Å². The number of nitrogens with zero attached hydrogens (tertiary/aromatic N) is 1. The van der Waals surface area contributed by atoms with E-state index in [1.807, 2.05) is 0 Å². The standard InChI is InChI=1S/C13H28N2/c1-5-15(4)10-9-14-13-11(2)7-6-8-12(13)3/h11-14H,5-10H2,1-4H3. The predicted molar refractivity (Wildman–Crippen MR) is 67.1 cm³/mol. The molecule has 0 spiro atoms. The maximum absolute atomic E-state index is 3.74. The molecule has 2 atom stereocenters. The van der Waals surface area contributed by atoms with Gasteiger partial charge in [-0.15, -0.1) is 0 Å². The minimum absolute atomic E-state index is 0.754. The molecule has 1 fully saturated rings. The zero-order valence-electron chi connectivity index (χ0n) is 10.9. The summed E-state index contributed by atoms with van der Waals surface area (Å²) in [5, 5.41) is 3.74. The lowest BCUT2D eigenvalue weighted by Gasteiger charge is -2.35. The summed E-state index contributed by atoms with van der Waals surface area (Å²) in [6, 6.07) is 0.754. The highest BCUT2D eigenvalue weighted by Gasteiger charge is 2.26. The molecule has 0 radical (unpaired) electrons. The fraction of sp³-hybridized carbons (Fsp3) is 1.00. The SMILES string of the molecule is CCN(C)CCNC1C(C)CCCC1C. The van der Waals surface area contributed by atoms with Crippen LogP contribution in [0.1, 0.15) is 40.0 Å². The average Bonchev–Trinajstić information content (AvgIpc) is 2.22. The summed E-state index contributed by atoms with van der Waals surface area (Å²) >= 11 is 0. The Morgan fingerprint density at radius 2 is 1.80 bits per heavy atom. The first-order chi connectivity index (χ1) is 7.15. The van der Waals surface area contributed by atoms with E-state index in [2.05, 4.69) is 38.0 Å². The van der Waals surface area contributed by atoms with Gasteiger partial charge in [-0.3, -0.25) is 0 Å². The molecule has 2 unspecified atom stereocenters. The third-order valence-corrected chi connectivity index (χ3v) is 3.96. The fourth-order valence-corrected chi connectivity index (χ4v) is 2.66. The second kappa shape index (κ2) is 6.49. The maximum Gasteiger partial charge on any atom is 0.0119 e. The summed E-state index contributed by atoms with van der Waals surface area (Å²) in [7, 11) is 2.19. The minimum atomic E-state index is 0.754. The topological polar surface area (TPSA) is 15.3 Å². The molecule has 2 heteroatoms. The summed E-state index contributed by atoms with van der Waals surface area (Å²) in [5.74, 6) is 1.72. The van der Waals surface area contributed by atoms with Crippen molar-refractivity contribution < 1.29 is 0 Å². The van der Waals surface area contributed by atoms with Crippen molar-refractivity contribution >= 4 is 0 Å². The molecule has 1 saturated carbocycles. The number of hydrogen-bond donors (Lipinski definition) is 1. The monoisotopic (exact) mass is 212 g/mol. The first-order valence-electron chi connectivity index (χ1n) is 6.57. The Hall–Kier alpha value is -0.0800. The third kappa shape index (κ3) is 4.12. The van der Waals surface area contributed by atoms with Crippen LogP contribution in [0.3, 0.4) is 0 Å². The lowest BCUT2D eigenvalue weighted by Crippen LogP contribution is -2.45. The molecule has 2 nitrogen and oxygen atoms in total. The molecular formula is C13H28N2. The lowest BCUT2D eigenvalue weighted by molar-refractivity contribution is 0.202. The summed E-state index contributed by atoms with van der Waals surface area (Å²) in [4.78, 5) is 2.37. The van der Waals surface area contributed by atoms with Crippen LogP contribution < -0.4 is 5.32 Å². The van der Waals surface area contributed by atoms with Crippen LogP contribution in [0, 0.1) is 11.8 Å². The molecule has 90 valence electrons. The van der Waals surface area contributed by atoms with Gasteiger partial charge in [-0.25, -0.2) is 0 Å². The van der Waals surface area contributed by atoms with Crippen molar-refractivity contribution in [1.29, 1.82) is 0 Å². The van der Waals surface area contributed by atoms with Crippen molar-refractivity contribution in [2.45, 2.75) is 46.1 Å². The molecule has 1 aliphatic rings. The normalized spacial score (nSPS) is 32.2. The molecule has 0 heterocycles. The van der Waals surface area contributed by atoms with Gasteiger partial charge in [-0.05, 0) is 38.3 Å². The molecule has 0 saturated heterocycles. The molecule has 1 N–H and O–H groups in total. The van der Waals surface area contributed by atoms with Gasteiger partial charge in [0, 0.05) is 19.1 Å². The molecule has 0 amide bonds. The van der Waals surface area contributed by atoms with Crippen molar-refractivity contribution in [2.24, 2.45) is 11.8 Å². The molecule has 0 bridgehead atoms. The Morgan fingerprint density at radius 1 is 1.20 bits per heavy atom. The summed E-state index contributed by atoms with van der Waals surface area (Å²) in [6.07, 6.45) is 4.24. The molecule has 0 aromatic rings. The first-order valence-corrected chi connectivity index (χ1v) is 6.57. The minimum Gasteiger partial charge on any atom is -0.312 e. The van der Waals surface area contributed by atoms with Crippen molar-refractivity contribution in [3.05, 3.63) is 0 Å². The van der Waals surface area contributed by atoms with Crippen molar-refractivity contribution in [2.75, 3.05) is 26.7 Å². The van der Waals surface area contributed by atoms with E-state index in [0.29, 0.717) is 0 Å². The van der Waals surface area contributed by atoms with Gasteiger partial charge in [0.1, 0.15) is 0 Å². The Bertz CT molecular complexity index is 160. The highest BCUT2D eigenvalue weighted by Crippen LogP contribution is 2.28. The summed E-state index contributed by atoms with van der Waals surface area (Å²) < 4.78 is 0. The van der Waals surface area contributed by atoms with Gasteiger partial charge in [0.05, 0.1) is 0 Å². The fourth-order valence-electron chi connectivity index (χ4n) is 2.66. The van der Waals surface area contributed by atoms with Crippen LogP contribution in [0.2, 0.25) is 0 Å². The molecule has 15 heavy (non-hydrogen) atoms. The zero-order chi connectivity index (χ0) is 11.3. The van der Waals surface area contributed by atoms with Crippen molar-refractivity contribution in [3.63, 3.8) is 0 Å². The van der Waals surface area contributed by atoms with Crippen LogP contribution in [0.25, 0.3) is 0 Å². The highest BCUT2D eigenvalue weighted by atomic mass is 15.1. The van der Waals surface area contributed by atoms with E-state index in [0.717, 1.165) is 31.0 Å². The lowest BCUT2D eigenvalue weighted by atomic mass is 9.79. The largest absolute Gasteiger partial charge is 0.312 e. The maximum atomic E-state index is 3.74. The van der Waals surface area contributed by atoms with Gasteiger partial charge in [0.15, 0.2) is 0 Å². The van der Waals surface area contributed by atoms with E-state index in [1.54, 1.807) is 0 Å². The molecule has 0 aromatic heterocycles. The van der Waals surface area contributed by atoms with Crippen LogP contribution in [-0.4, -0.2) is 37.6 Å². The Kier molecular flexibility index (Phi) is 5.62. The van der Waals surface area contributed by atoms with E-state index in [-0.39, 0.29) is 0 Å². The quantitative estimate of drug-likeness (QED) is 0.752. The Morgan fingerprint density at radius 3 is 2.33 bits per heavy atom. The van der Waals surface area contributed by atoms with Crippen LogP contribution in [0.15, 0.2) is 0 Å². The van der Waals surface area contributed by atoms with Gasteiger partial charge < -0.3 is 10.2 Å². The molecular weight excluding hydrogens is 184 g/mol. The third-order valence-electron chi connectivity index (χ3n) is 3.96. The van der Waals surface area contributed by atoms with Crippen molar-refractivity contribution in [1.82, 2.24) is 10.2 Å². The van der Waals surface area contributed by atoms with Crippen LogP contribution in [0.5, 0.6) is 0 Å². The van der Waals surface area contributed by atoms with E-state index < -0.39 is 0 Å². The van der Waals surface area contributed by atoms with Gasteiger partial charge in [-0.2, -0.15) is 0 Å². The average molecular weight is 212 g/mol. The van der Waals surface area contributed by atoms with Gasteiger partial charge in [0.25, 0.3) is 0 Å². The van der Waals surface area contributed by atoms with E-state index in [4.69, 9.17) is 0 Å². The number of likely N-dealkylation sites (N-methyl/N-ethyl adjacent to an activating group) is 1. The molecule has 1 rings (SSSR count). The van der Waals surface area contributed by atoms with Crippen LogP contribution in [-0.2, 0) is 0 Å². The molecule has 0 aliphatic heterocycles. The Balaban J connectivity index is 2.23. The zero-order valence-corrected chi connectivity index (χ0v) is 10.9. The first kappa shape index (κ1) is 13.0. The number of hydrogen-bond acceptors (Lipinski definition) is 2. The van der Waals surface area contributed by atoms with E-state index in [9.17, 15) is 0 Å². The highest BCUT2D eigenvalue weighted by molar-refractivity contribution is 4.83. The smallest absolute Gasteiger partial charge is 0.0119 e. The van der Waals surface area contributed by atoms with Gasteiger partial charge >= 0.3 is 0 Å². The van der Waals surface area contributed by atoms with Crippen molar-refractivity contribution in [3.8, 4) is 0 Å². The number of rotatable bonds is 5. The van der Waals surface area contributed by atoms with Gasteiger partial charge in [0.2, 0.25) is 0 Å². The number of nitrogens with one attached hydrogen (secondary N) is 1. The second-order valence-electron chi connectivity index (χ2n) is 5.26. The van der Waals surface area contributed by atoms with Crippen LogP contribution >= 0.6 is 0 Å². The summed E-state index contributed by atoms with van der Waals surface area (Å²) in [5.41, 5.74) is 0.